The van der Waals surface area contributed by atoms with Gasteiger partial charge in [0.05, 0.1) is 11.6 Å². The Morgan fingerprint density at radius 3 is 2.57 bits per heavy atom. The zero-order valence-electron chi connectivity index (χ0n) is 11.5. The van der Waals surface area contributed by atoms with E-state index in [2.05, 4.69) is 10.6 Å². The van der Waals surface area contributed by atoms with E-state index in [1.807, 2.05) is 30.3 Å². The third-order valence-corrected chi connectivity index (χ3v) is 3.31. The summed E-state index contributed by atoms with van der Waals surface area (Å²) in [5, 5.41) is 15.8. The van der Waals surface area contributed by atoms with E-state index in [1.165, 1.54) is 0 Å². The van der Waals surface area contributed by atoms with E-state index in [0.717, 1.165) is 5.56 Å². The van der Waals surface area contributed by atoms with E-state index in [1.54, 1.807) is 18.2 Å². The van der Waals surface area contributed by atoms with Crippen molar-refractivity contribution in [3.05, 3.63) is 64.7 Å². The molecule has 4 nitrogen and oxygen atoms in total. The van der Waals surface area contributed by atoms with E-state index >= 15 is 0 Å². The first-order chi connectivity index (χ1) is 10.2. The Labute approximate surface area is 128 Å². The molecule has 0 aliphatic carbocycles. The van der Waals surface area contributed by atoms with Crippen molar-refractivity contribution in [2.75, 3.05) is 6.54 Å². The number of rotatable bonds is 6. The van der Waals surface area contributed by atoms with Gasteiger partial charge in [-0.15, -0.1) is 0 Å². The van der Waals surface area contributed by atoms with Crippen LogP contribution in [0.3, 0.4) is 0 Å². The van der Waals surface area contributed by atoms with Gasteiger partial charge in [-0.2, -0.15) is 0 Å². The number of hydrogen-bond acceptors (Lipinski definition) is 3. The number of halogens is 1. The summed E-state index contributed by atoms with van der Waals surface area (Å²) in [6.07, 6.45) is 0. The van der Waals surface area contributed by atoms with Crippen molar-refractivity contribution in [2.24, 2.45) is 0 Å². The van der Waals surface area contributed by atoms with Crippen LogP contribution >= 0.6 is 11.6 Å². The van der Waals surface area contributed by atoms with Gasteiger partial charge in [0.25, 0.3) is 0 Å². The Kier molecular flexibility index (Phi) is 5.60. The van der Waals surface area contributed by atoms with Crippen LogP contribution in [0.2, 0.25) is 5.02 Å². The maximum atomic E-state index is 11.7. The number of aromatic hydroxyl groups is 1. The molecule has 0 saturated heterocycles. The van der Waals surface area contributed by atoms with Gasteiger partial charge in [0, 0.05) is 18.7 Å². The van der Waals surface area contributed by atoms with Crippen molar-refractivity contribution in [3.63, 3.8) is 0 Å². The number of phenolic OH excluding ortho intramolecular Hbond substituents is 1. The third-order valence-electron chi connectivity index (χ3n) is 3.00. The van der Waals surface area contributed by atoms with Gasteiger partial charge < -0.3 is 15.7 Å². The lowest BCUT2D eigenvalue weighted by molar-refractivity contribution is -0.120. The molecule has 0 aromatic heterocycles. The summed E-state index contributed by atoms with van der Waals surface area (Å²) in [7, 11) is 0. The Balaban J connectivity index is 1.73. The molecule has 0 aliphatic rings. The minimum atomic E-state index is -0.0969. The van der Waals surface area contributed by atoms with Crippen LogP contribution in [0, 0.1) is 0 Å². The van der Waals surface area contributed by atoms with E-state index < -0.39 is 0 Å². The van der Waals surface area contributed by atoms with Crippen molar-refractivity contribution in [1.29, 1.82) is 0 Å². The van der Waals surface area contributed by atoms with Gasteiger partial charge in [-0.3, -0.25) is 4.79 Å². The summed E-state index contributed by atoms with van der Waals surface area (Å²) in [5.74, 6) is -0.0447. The molecule has 0 radical (unpaired) electrons. The molecule has 0 unspecified atom stereocenters. The molecule has 0 atom stereocenters. The average molecular weight is 305 g/mol. The smallest absolute Gasteiger partial charge is 0.234 e. The minimum absolute atomic E-state index is 0.0522. The molecule has 0 saturated carbocycles. The molecule has 2 aromatic rings. The van der Waals surface area contributed by atoms with Crippen molar-refractivity contribution in [2.45, 2.75) is 13.1 Å². The Bertz CT molecular complexity index is 602. The predicted octanol–water partition coefficient (Wildman–Crippen LogP) is 2.45. The Morgan fingerprint density at radius 1 is 1.05 bits per heavy atom. The van der Waals surface area contributed by atoms with Crippen LogP contribution in [0.4, 0.5) is 0 Å². The monoisotopic (exact) mass is 304 g/mol. The molecule has 3 N–H and O–H groups in total. The molecule has 2 rings (SSSR count). The second-order valence-electron chi connectivity index (χ2n) is 4.61. The summed E-state index contributed by atoms with van der Waals surface area (Å²) >= 11 is 5.82. The van der Waals surface area contributed by atoms with Gasteiger partial charge in [0.2, 0.25) is 5.91 Å². The first kappa shape index (κ1) is 15.4. The molecule has 0 aliphatic heterocycles. The predicted molar refractivity (Wildman–Crippen MR) is 83.1 cm³/mol. The van der Waals surface area contributed by atoms with Crippen molar-refractivity contribution in [3.8, 4) is 5.75 Å². The van der Waals surface area contributed by atoms with Crippen molar-refractivity contribution >= 4 is 17.5 Å². The largest absolute Gasteiger partial charge is 0.506 e. The maximum Gasteiger partial charge on any atom is 0.234 e. The van der Waals surface area contributed by atoms with E-state index in [0.29, 0.717) is 23.7 Å². The third kappa shape index (κ3) is 4.77. The van der Waals surface area contributed by atoms with Crippen LogP contribution in [-0.2, 0) is 17.9 Å². The molecule has 2 aromatic carbocycles. The second kappa shape index (κ2) is 7.67. The van der Waals surface area contributed by atoms with Crippen LogP contribution in [0.1, 0.15) is 11.1 Å². The summed E-state index contributed by atoms with van der Waals surface area (Å²) in [6, 6.07) is 14.8. The molecule has 0 fully saturated rings. The normalized spacial score (nSPS) is 10.3. The highest BCUT2D eigenvalue weighted by Gasteiger charge is 2.06. The van der Waals surface area contributed by atoms with Gasteiger partial charge in [-0.25, -0.2) is 0 Å². The maximum absolute atomic E-state index is 11.7. The molecular formula is C16H17ClN2O2. The first-order valence-corrected chi connectivity index (χ1v) is 7.02. The number of amides is 1. The minimum Gasteiger partial charge on any atom is -0.506 e. The number of para-hydroxylation sites is 1. The topological polar surface area (TPSA) is 61.4 Å². The van der Waals surface area contributed by atoms with Gasteiger partial charge in [0.1, 0.15) is 5.75 Å². The summed E-state index contributed by atoms with van der Waals surface area (Å²) < 4.78 is 0. The zero-order valence-corrected chi connectivity index (χ0v) is 12.2. The average Bonchev–Trinajstić information content (AvgIpc) is 2.50. The number of benzene rings is 2. The molecule has 0 bridgehead atoms. The lowest BCUT2D eigenvalue weighted by Gasteiger charge is -2.08. The lowest BCUT2D eigenvalue weighted by Crippen LogP contribution is -2.33. The fraction of sp³-hybridized carbons (Fsp3) is 0.188. The highest BCUT2D eigenvalue weighted by atomic mass is 35.5. The summed E-state index contributed by atoms with van der Waals surface area (Å²) in [4.78, 5) is 11.7. The number of carbonyl (C=O) groups is 1. The molecule has 0 heterocycles. The fourth-order valence-electron chi connectivity index (χ4n) is 1.87. The molecule has 1 amide bonds. The number of carbonyl (C=O) groups excluding carboxylic acids is 1. The number of hydrogen-bond donors (Lipinski definition) is 3. The second-order valence-corrected chi connectivity index (χ2v) is 5.02. The standard InChI is InChI=1S/C16H17ClN2O2/c17-14-8-4-7-13(16(14)21)10-18-11-15(20)19-9-12-5-2-1-3-6-12/h1-8,18,21H,9-11H2,(H,19,20). The van der Waals surface area contributed by atoms with Crippen LogP contribution in [0.15, 0.2) is 48.5 Å². The van der Waals surface area contributed by atoms with Crippen LogP contribution in [0.5, 0.6) is 5.75 Å². The van der Waals surface area contributed by atoms with Crippen LogP contribution in [0.25, 0.3) is 0 Å². The molecular weight excluding hydrogens is 288 g/mol. The summed E-state index contributed by atoms with van der Waals surface area (Å²) in [5.41, 5.74) is 1.72. The molecule has 0 spiro atoms. The Hall–Kier alpha value is -2.04. The highest BCUT2D eigenvalue weighted by molar-refractivity contribution is 6.32. The number of nitrogens with one attached hydrogen (secondary N) is 2. The van der Waals surface area contributed by atoms with Crippen LogP contribution < -0.4 is 10.6 Å². The molecule has 21 heavy (non-hydrogen) atoms. The van der Waals surface area contributed by atoms with Gasteiger partial charge >= 0.3 is 0 Å². The van der Waals surface area contributed by atoms with Gasteiger partial charge in [0.15, 0.2) is 0 Å². The van der Waals surface area contributed by atoms with Gasteiger partial charge in [-0.1, -0.05) is 54.1 Å². The Morgan fingerprint density at radius 2 is 1.81 bits per heavy atom. The van der Waals surface area contributed by atoms with Crippen molar-refractivity contribution < 1.29 is 9.90 Å². The molecule has 110 valence electrons. The fourth-order valence-corrected chi connectivity index (χ4v) is 2.07. The van der Waals surface area contributed by atoms with E-state index in [9.17, 15) is 9.90 Å². The van der Waals surface area contributed by atoms with Gasteiger partial charge in [-0.05, 0) is 11.6 Å². The molecule has 5 heteroatoms. The lowest BCUT2D eigenvalue weighted by atomic mass is 10.2. The zero-order chi connectivity index (χ0) is 15.1. The first-order valence-electron chi connectivity index (χ1n) is 6.64. The number of phenols is 1. The van der Waals surface area contributed by atoms with Crippen LogP contribution in [-0.4, -0.2) is 17.6 Å². The highest BCUT2D eigenvalue weighted by Crippen LogP contribution is 2.26. The van der Waals surface area contributed by atoms with E-state index in [-0.39, 0.29) is 18.2 Å². The van der Waals surface area contributed by atoms with E-state index in [4.69, 9.17) is 11.6 Å². The quantitative estimate of drug-likeness (QED) is 0.768. The summed E-state index contributed by atoms with van der Waals surface area (Å²) in [6.45, 7) is 1.06. The SMILES string of the molecule is O=C(CNCc1cccc(Cl)c1O)NCc1ccccc1. The van der Waals surface area contributed by atoms with Crippen molar-refractivity contribution in [1.82, 2.24) is 10.6 Å².